The molecule has 82 valence electrons. The molecular weight excluding hydrogens is 216 g/mol. The number of hydrogen-bond acceptors (Lipinski definition) is 4. The van der Waals surface area contributed by atoms with E-state index in [1.807, 2.05) is 30.3 Å². The van der Waals surface area contributed by atoms with Crippen molar-refractivity contribution in [3.63, 3.8) is 0 Å². The van der Waals surface area contributed by atoms with Crippen molar-refractivity contribution in [2.24, 2.45) is 0 Å². The molecule has 0 amide bonds. The first-order valence-electron chi connectivity index (χ1n) is 5.10. The molecule has 3 aromatic rings. The first kappa shape index (κ1) is 9.65. The van der Waals surface area contributed by atoms with E-state index in [4.69, 9.17) is 0 Å². The number of hydrogen-bond donors (Lipinski definition) is 0. The van der Waals surface area contributed by atoms with Crippen LogP contribution in [0.15, 0.2) is 53.8 Å². The van der Waals surface area contributed by atoms with Crippen molar-refractivity contribution in [2.75, 3.05) is 0 Å². The zero-order valence-corrected chi connectivity index (χ0v) is 8.82. The number of benzene rings is 1. The van der Waals surface area contributed by atoms with Gasteiger partial charge in [-0.05, 0) is 12.1 Å². The van der Waals surface area contributed by atoms with Crippen molar-refractivity contribution in [1.82, 2.24) is 19.7 Å². The lowest BCUT2D eigenvalue weighted by Gasteiger charge is -2.04. The third-order valence-corrected chi connectivity index (χ3v) is 2.46. The van der Waals surface area contributed by atoms with E-state index in [2.05, 4.69) is 15.1 Å². The van der Waals surface area contributed by atoms with Crippen molar-refractivity contribution < 1.29 is 0 Å². The second kappa shape index (κ2) is 3.79. The summed E-state index contributed by atoms with van der Waals surface area (Å²) >= 11 is 0. The van der Waals surface area contributed by atoms with Crippen LogP contribution >= 0.6 is 0 Å². The molecule has 5 heteroatoms. The molecule has 0 unspecified atom stereocenters. The largest absolute Gasteiger partial charge is 0.282 e. The van der Waals surface area contributed by atoms with E-state index < -0.39 is 0 Å². The smallest absolute Gasteiger partial charge is 0.267 e. The fourth-order valence-electron chi connectivity index (χ4n) is 1.64. The molecule has 0 aliphatic rings. The highest BCUT2D eigenvalue weighted by atomic mass is 16.1. The number of rotatable bonds is 1. The average Bonchev–Trinajstić information content (AvgIpc) is 2.40. The fourth-order valence-corrected chi connectivity index (χ4v) is 1.64. The van der Waals surface area contributed by atoms with Crippen LogP contribution in [0.25, 0.3) is 16.6 Å². The number of fused-ring (bicyclic) bond motifs is 1. The lowest BCUT2D eigenvalue weighted by atomic mass is 10.3. The first-order chi connectivity index (χ1) is 8.36. The maximum absolute atomic E-state index is 12.1. The summed E-state index contributed by atoms with van der Waals surface area (Å²) in [7, 11) is 0. The normalized spacial score (nSPS) is 10.6. The minimum atomic E-state index is -0.214. The molecule has 5 nitrogen and oxygen atoms in total. The molecular formula is C12H8N4O. The Morgan fingerprint density at radius 1 is 1.06 bits per heavy atom. The highest BCUT2D eigenvalue weighted by Crippen LogP contribution is 2.05. The van der Waals surface area contributed by atoms with Crippen LogP contribution < -0.4 is 5.56 Å². The maximum Gasteiger partial charge on any atom is 0.282 e. The summed E-state index contributed by atoms with van der Waals surface area (Å²) < 4.78 is 1.34. The monoisotopic (exact) mass is 224 g/mol. The van der Waals surface area contributed by atoms with Gasteiger partial charge in [-0.2, -0.15) is 9.78 Å². The Labute approximate surface area is 96.4 Å². The molecule has 2 heterocycles. The average molecular weight is 224 g/mol. The van der Waals surface area contributed by atoms with Gasteiger partial charge >= 0.3 is 0 Å². The number of nitrogens with zero attached hydrogens (tertiary/aromatic N) is 4. The van der Waals surface area contributed by atoms with E-state index >= 15 is 0 Å². The van der Waals surface area contributed by atoms with Crippen LogP contribution in [0.2, 0.25) is 0 Å². The van der Waals surface area contributed by atoms with Crippen LogP contribution in [0.5, 0.6) is 0 Å². The molecule has 1 aromatic carbocycles. The molecule has 0 radical (unpaired) electrons. The topological polar surface area (TPSA) is 60.7 Å². The summed E-state index contributed by atoms with van der Waals surface area (Å²) in [5.41, 5.74) is 1.06. The highest BCUT2D eigenvalue weighted by molar-refractivity contribution is 5.75. The van der Waals surface area contributed by atoms with Gasteiger partial charge in [-0.3, -0.25) is 4.79 Å². The van der Waals surface area contributed by atoms with Gasteiger partial charge in [-0.1, -0.05) is 18.2 Å². The molecule has 0 atom stereocenters. The lowest BCUT2D eigenvalue weighted by Crippen LogP contribution is -2.21. The van der Waals surface area contributed by atoms with Crippen LogP contribution in [0.1, 0.15) is 0 Å². The van der Waals surface area contributed by atoms with Crippen LogP contribution in [0.3, 0.4) is 0 Å². The molecule has 0 aliphatic carbocycles. The molecule has 0 spiro atoms. The van der Waals surface area contributed by atoms with Crippen molar-refractivity contribution in [1.29, 1.82) is 0 Å². The van der Waals surface area contributed by atoms with Gasteiger partial charge in [0.15, 0.2) is 0 Å². The van der Waals surface area contributed by atoms with Crippen molar-refractivity contribution in [2.45, 2.75) is 0 Å². The Morgan fingerprint density at radius 2 is 1.88 bits per heavy atom. The second-order valence-electron chi connectivity index (χ2n) is 3.52. The zero-order chi connectivity index (χ0) is 11.7. The van der Waals surface area contributed by atoms with Gasteiger partial charge in [-0.25, -0.2) is 9.97 Å². The Morgan fingerprint density at radius 3 is 2.71 bits per heavy atom. The summed E-state index contributed by atoms with van der Waals surface area (Å²) in [6.45, 7) is 0. The van der Waals surface area contributed by atoms with Crippen LogP contribution in [0, 0.1) is 0 Å². The summed E-state index contributed by atoms with van der Waals surface area (Å²) in [6.07, 6.45) is 4.47. The van der Waals surface area contributed by atoms with Gasteiger partial charge in [0.1, 0.15) is 6.33 Å². The molecule has 0 fully saturated rings. The molecule has 0 bridgehead atoms. The van der Waals surface area contributed by atoms with Crippen LogP contribution in [-0.2, 0) is 0 Å². The van der Waals surface area contributed by atoms with Gasteiger partial charge in [0.05, 0.1) is 22.8 Å². The van der Waals surface area contributed by atoms with Gasteiger partial charge in [0, 0.05) is 6.20 Å². The first-order valence-corrected chi connectivity index (χ1v) is 5.10. The van der Waals surface area contributed by atoms with Gasteiger partial charge < -0.3 is 0 Å². The van der Waals surface area contributed by atoms with Gasteiger partial charge in [0.25, 0.3) is 5.56 Å². The summed E-state index contributed by atoms with van der Waals surface area (Å²) in [4.78, 5) is 20.0. The quantitative estimate of drug-likeness (QED) is 0.622. The van der Waals surface area contributed by atoms with E-state index in [1.54, 1.807) is 6.20 Å². The molecule has 0 saturated carbocycles. The molecule has 0 N–H and O–H groups in total. The van der Waals surface area contributed by atoms with E-state index in [1.165, 1.54) is 17.2 Å². The van der Waals surface area contributed by atoms with Crippen LogP contribution in [-0.4, -0.2) is 19.7 Å². The second-order valence-corrected chi connectivity index (χ2v) is 3.52. The van der Waals surface area contributed by atoms with E-state index in [9.17, 15) is 4.79 Å². The number of para-hydroxylation sites is 1. The maximum atomic E-state index is 12.1. The summed E-state index contributed by atoms with van der Waals surface area (Å²) in [5, 5.41) is 4.55. The molecule has 0 saturated heterocycles. The summed E-state index contributed by atoms with van der Waals surface area (Å²) in [5.74, 6) is 0. The SMILES string of the molecule is O=c1c2cncnc2cnn1-c1ccccc1. The third kappa shape index (κ3) is 1.57. The van der Waals surface area contributed by atoms with E-state index in [0.29, 0.717) is 10.9 Å². The lowest BCUT2D eigenvalue weighted by molar-refractivity contribution is 0.818. The van der Waals surface area contributed by atoms with E-state index in [0.717, 1.165) is 5.69 Å². The molecule has 2 aromatic heterocycles. The standard InChI is InChI=1S/C12H8N4O/c17-12-10-6-13-8-14-11(10)7-15-16(12)9-4-2-1-3-5-9/h1-8H. The van der Waals surface area contributed by atoms with Gasteiger partial charge in [-0.15, -0.1) is 0 Å². The van der Waals surface area contributed by atoms with Crippen molar-refractivity contribution >= 4 is 10.9 Å². The predicted molar refractivity (Wildman–Crippen MR) is 62.9 cm³/mol. The highest BCUT2D eigenvalue weighted by Gasteiger charge is 2.05. The Hall–Kier alpha value is -2.56. The van der Waals surface area contributed by atoms with Crippen LogP contribution in [0.4, 0.5) is 0 Å². The number of aromatic nitrogens is 4. The zero-order valence-electron chi connectivity index (χ0n) is 8.82. The Bertz CT molecular complexity index is 721. The minimum absolute atomic E-state index is 0.214. The van der Waals surface area contributed by atoms with Crippen molar-refractivity contribution in [3.05, 3.63) is 59.4 Å². The minimum Gasteiger partial charge on any atom is -0.267 e. The van der Waals surface area contributed by atoms with E-state index in [-0.39, 0.29) is 5.56 Å². The Kier molecular flexibility index (Phi) is 2.15. The molecule has 3 rings (SSSR count). The fraction of sp³-hybridized carbons (Fsp3) is 0. The van der Waals surface area contributed by atoms with Gasteiger partial charge in [0.2, 0.25) is 0 Å². The third-order valence-electron chi connectivity index (χ3n) is 2.46. The molecule has 17 heavy (non-hydrogen) atoms. The predicted octanol–water partition coefficient (Wildman–Crippen LogP) is 1.18. The molecule has 0 aliphatic heterocycles. The van der Waals surface area contributed by atoms with Crippen molar-refractivity contribution in [3.8, 4) is 5.69 Å². The summed E-state index contributed by atoms with van der Waals surface area (Å²) in [6, 6.07) is 9.25. The Balaban J connectivity index is 2.33.